The van der Waals surface area contributed by atoms with Crippen molar-refractivity contribution >= 4 is 6.08 Å². The summed E-state index contributed by atoms with van der Waals surface area (Å²) in [6.07, 6.45) is 1.67. The summed E-state index contributed by atoms with van der Waals surface area (Å²) in [5.74, 6) is 1.25. The van der Waals surface area contributed by atoms with E-state index in [0.717, 1.165) is 11.1 Å². The molecule has 0 radical (unpaired) electrons. The maximum Gasteiger partial charge on any atom is 0.161 e. The molecule has 0 aliphatic rings. The molecule has 0 bridgehead atoms. The van der Waals surface area contributed by atoms with Crippen LogP contribution in [0.5, 0.6) is 11.5 Å². The molecule has 0 amide bonds. The summed E-state index contributed by atoms with van der Waals surface area (Å²) in [4.78, 5) is 0. The zero-order chi connectivity index (χ0) is 10.6. The van der Waals surface area contributed by atoms with Gasteiger partial charge in [0.25, 0.3) is 0 Å². The summed E-state index contributed by atoms with van der Waals surface area (Å²) < 4.78 is 10.2. The van der Waals surface area contributed by atoms with Gasteiger partial charge in [-0.05, 0) is 23.3 Å². The van der Waals surface area contributed by atoms with E-state index >= 15 is 0 Å². The van der Waals surface area contributed by atoms with E-state index in [9.17, 15) is 0 Å². The molecule has 1 rings (SSSR count). The van der Waals surface area contributed by atoms with Gasteiger partial charge in [0.05, 0.1) is 20.8 Å². The van der Waals surface area contributed by atoms with Crippen molar-refractivity contribution in [3.05, 3.63) is 29.8 Å². The molecule has 0 spiro atoms. The first-order valence-corrected chi connectivity index (χ1v) is 4.25. The van der Waals surface area contributed by atoms with Gasteiger partial charge in [-0.1, -0.05) is 12.7 Å². The lowest BCUT2D eigenvalue weighted by Gasteiger charge is -2.11. The average Bonchev–Trinajstić information content (AvgIpc) is 2.26. The lowest BCUT2D eigenvalue weighted by molar-refractivity contribution is 0.280. The van der Waals surface area contributed by atoms with Crippen molar-refractivity contribution in [3.8, 4) is 11.5 Å². The quantitative estimate of drug-likeness (QED) is 0.794. The second-order valence-corrected chi connectivity index (χ2v) is 2.77. The molecule has 1 N–H and O–H groups in total. The van der Waals surface area contributed by atoms with Crippen molar-refractivity contribution < 1.29 is 14.6 Å². The van der Waals surface area contributed by atoms with E-state index in [1.165, 1.54) is 0 Å². The van der Waals surface area contributed by atoms with Gasteiger partial charge in [-0.25, -0.2) is 0 Å². The number of aliphatic hydroxyl groups excluding tert-OH is 1. The Labute approximate surface area is 83.6 Å². The Morgan fingerprint density at radius 3 is 2.29 bits per heavy atom. The van der Waals surface area contributed by atoms with Crippen LogP contribution in [-0.4, -0.2) is 19.3 Å². The number of hydrogen-bond donors (Lipinski definition) is 1. The van der Waals surface area contributed by atoms with Crippen molar-refractivity contribution in [2.24, 2.45) is 0 Å². The minimum absolute atomic E-state index is 0.0400. The average molecular weight is 194 g/mol. The lowest BCUT2D eigenvalue weighted by atomic mass is 10.1. The molecule has 0 atom stereocenters. The monoisotopic (exact) mass is 194 g/mol. The Kier molecular flexibility index (Phi) is 3.54. The van der Waals surface area contributed by atoms with Crippen LogP contribution in [0.4, 0.5) is 0 Å². The standard InChI is InChI=1S/C11H14O3/c1-4-8-5-10(13-2)11(14-3)6-9(8)7-12/h4-6,12H,1,7H2,2-3H3. The summed E-state index contributed by atoms with van der Waals surface area (Å²) in [7, 11) is 3.13. The van der Waals surface area contributed by atoms with Gasteiger partial charge in [0.15, 0.2) is 11.5 Å². The highest BCUT2D eigenvalue weighted by Crippen LogP contribution is 2.30. The molecule has 1 aromatic carbocycles. The lowest BCUT2D eigenvalue weighted by Crippen LogP contribution is -1.95. The highest BCUT2D eigenvalue weighted by molar-refractivity contribution is 5.59. The van der Waals surface area contributed by atoms with E-state index in [4.69, 9.17) is 14.6 Å². The molecule has 0 fully saturated rings. The number of aliphatic hydroxyl groups is 1. The molecule has 3 nitrogen and oxygen atoms in total. The summed E-state index contributed by atoms with van der Waals surface area (Å²) in [6.45, 7) is 3.62. The van der Waals surface area contributed by atoms with Crippen LogP contribution in [0, 0.1) is 0 Å². The minimum Gasteiger partial charge on any atom is -0.493 e. The number of benzene rings is 1. The first-order chi connectivity index (χ1) is 6.76. The Morgan fingerprint density at radius 1 is 1.29 bits per heavy atom. The topological polar surface area (TPSA) is 38.7 Å². The molecule has 0 heterocycles. The molecular formula is C11H14O3. The molecule has 0 unspecified atom stereocenters. The second kappa shape index (κ2) is 4.67. The Bertz CT molecular complexity index is 332. The van der Waals surface area contributed by atoms with Gasteiger partial charge in [0.1, 0.15) is 0 Å². The van der Waals surface area contributed by atoms with Gasteiger partial charge >= 0.3 is 0 Å². The van der Waals surface area contributed by atoms with Crippen molar-refractivity contribution in [1.82, 2.24) is 0 Å². The van der Waals surface area contributed by atoms with Crippen molar-refractivity contribution in [1.29, 1.82) is 0 Å². The maximum absolute atomic E-state index is 9.09. The summed E-state index contributed by atoms with van der Waals surface area (Å²) in [6, 6.07) is 3.53. The van der Waals surface area contributed by atoms with E-state index in [1.807, 2.05) is 0 Å². The van der Waals surface area contributed by atoms with Crippen LogP contribution in [0.2, 0.25) is 0 Å². The highest BCUT2D eigenvalue weighted by Gasteiger charge is 2.08. The van der Waals surface area contributed by atoms with Crippen molar-refractivity contribution in [3.63, 3.8) is 0 Å². The Balaban J connectivity index is 3.27. The van der Waals surface area contributed by atoms with Gasteiger partial charge < -0.3 is 14.6 Å². The number of ether oxygens (including phenoxy) is 2. The van der Waals surface area contributed by atoms with Crippen LogP contribution < -0.4 is 9.47 Å². The smallest absolute Gasteiger partial charge is 0.161 e. The predicted molar refractivity (Wildman–Crippen MR) is 55.6 cm³/mol. The first kappa shape index (κ1) is 10.6. The van der Waals surface area contributed by atoms with Crippen LogP contribution >= 0.6 is 0 Å². The van der Waals surface area contributed by atoms with Crippen LogP contribution in [0.3, 0.4) is 0 Å². The van der Waals surface area contributed by atoms with E-state index in [2.05, 4.69) is 6.58 Å². The summed E-state index contributed by atoms with van der Waals surface area (Å²) >= 11 is 0. The van der Waals surface area contributed by atoms with Crippen LogP contribution in [-0.2, 0) is 6.61 Å². The van der Waals surface area contributed by atoms with E-state index in [1.54, 1.807) is 32.4 Å². The third-order valence-corrected chi connectivity index (χ3v) is 2.04. The molecule has 14 heavy (non-hydrogen) atoms. The Morgan fingerprint density at radius 2 is 1.86 bits per heavy atom. The zero-order valence-electron chi connectivity index (χ0n) is 8.41. The van der Waals surface area contributed by atoms with E-state index in [0.29, 0.717) is 11.5 Å². The summed E-state index contributed by atoms with van der Waals surface area (Å²) in [5.41, 5.74) is 1.63. The molecule has 1 aromatic rings. The molecule has 3 heteroatoms. The van der Waals surface area contributed by atoms with Crippen LogP contribution in [0.25, 0.3) is 6.08 Å². The van der Waals surface area contributed by atoms with E-state index < -0.39 is 0 Å². The van der Waals surface area contributed by atoms with Gasteiger partial charge in [-0.3, -0.25) is 0 Å². The fourth-order valence-corrected chi connectivity index (χ4v) is 1.26. The maximum atomic E-state index is 9.09. The van der Waals surface area contributed by atoms with Gasteiger partial charge in [0, 0.05) is 0 Å². The Hall–Kier alpha value is -1.48. The molecule has 0 aliphatic carbocycles. The van der Waals surface area contributed by atoms with Crippen LogP contribution in [0.1, 0.15) is 11.1 Å². The fraction of sp³-hybridized carbons (Fsp3) is 0.273. The normalized spacial score (nSPS) is 9.64. The molecular weight excluding hydrogens is 180 g/mol. The molecule has 0 saturated heterocycles. The number of rotatable bonds is 4. The molecule has 0 saturated carbocycles. The predicted octanol–water partition coefficient (Wildman–Crippen LogP) is 1.84. The largest absolute Gasteiger partial charge is 0.493 e. The molecule has 76 valence electrons. The van der Waals surface area contributed by atoms with Crippen molar-refractivity contribution in [2.45, 2.75) is 6.61 Å². The molecule has 0 aliphatic heterocycles. The van der Waals surface area contributed by atoms with Crippen LogP contribution in [0.15, 0.2) is 18.7 Å². The third kappa shape index (κ3) is 1.88. The van der Waals surface area contributed by atoms with Gasteiger partial charge in [0.2, 0.25) is 0 Å². The highest BCUT2D eigenvalue weighted by atomic mass is 16.5. The van der Waals surface area contributed by atoms with E-state index in [-0.39, 0.29) is 6.61 Å². The fourth-order valence-electron chi connectivity index (χ4n) is 1.26. The second-order valence-electron chi connectivity index (χ2n) is 2.77. The molecule has 0 aromatic heterocycles. The minimum atomic E-state index is -0.0400. The van der Waals surface area contributed by atoms with Crippen molar-refractivity contribution in [2.75, 3.05) is 14.2 Å². The first-order valence-electron chi connectivity index (χ1n) is 4.25. The SMILES string of the molecule is C=Cc1cc(OC)c(OC)cc1CO. The third-order valence-electron chi connectivity index (χ3n) is 2.04. The summed E-state index contributed by atoms with van der Waals surface area (Å²) in [5, 5.41) is 9.09. The van der Waals surface area contributed by atoms with Gasteiger partial charge in [-0.15, -0.1) is 0 Å². The number of hydrogen-bond acceptors (Lipinski definition) is 3. The zero-order valence-corrected chi connectivity index (χ0v) is 8.41. The number of methoxy groups -OCH3 is 2. The van der Waals surface area contributed by atoms with Gasteiger partial charge in [-0.2, -0.15) is 0 Å².